The summed E-state index contributed by atoms with van der Waals surface area (Å²) in [7, 11) is 0. The molecule has 170 valence electrons. The van der Waals surface area contributed by atoms with Gasteiger partial charge in [-0.2, -0.15) is 0 Å². The average molecular weight is 425 g/mol. The third kappa shape index (κ3) is 4.27. The van der Waals surface area contributed by atoms with Gasteiger partial charge in [0.25, 0.3) is 0 Å². The van der Waals surface area contributed by atoms with Crippen molar-refractivity contribution in [2.45, 2.75) is 96.0 Å². The number of ether oxygens (including phenoxy) is 1. The van der Waals surface area contributed by atoms with Gasteiger partial charge >= 0.3 is 0 Å². The number of benzene rings is 1. The Kier molecular flexibility index (Phi) is 6.99. The van der Waals surface area contributed by atoms with Crippen LogP contribution in [-0.2, 0) is 6.42 Å². The van der Waals surface area contributed by atoms with Crippen LogP contribution in [0, 0.1) is 29.1 Å². The van der Waals surface area contributed by atoms with Crippen molar-refractivity contribution in [2.24, 2.45) is 17.3 Å². The fourth-order valence-electron chi connectivity index (χ4n) is 6.85. The maximum absolute atomic E-state index is 11.7. The van der Waals surface area contributed by atoms with E-state index in [-0.39, 0.29) is 12.0 Å². The monoisotopic (exact) mass is 424 g/mol. The van der Waals surface area contributed by atoms with Gasteiger partial charge < -0.3 is 14.9 Å². The number of aliphatic hydroxyl groups excluding tert-OH is 1. The summed E-state index contributed by atoms with van der Waals surface area (Å²) in [6.07, 6.45) is 10.9. The standard InChI is InChI=1S/C28H40O3/c1-3-4-19-31-22-10-12-23-21(20-22)9-11-25-24(23)13-16-27(2)26(25)14-17-28(27,30)15-7-5-6-8-18-29/h10,12,20,24-26,29-30H,3-4,6,8-9,11,13-19H2,1-2H3/t24-,25-,26+,27+,28+/m1/s1. The first-order chi connectivity index (χ1) is 15.0. The zero-order valence-electron chi connectivity index (χ0n) is 19.5. The van der Waals surface area contributed by atoms with Crippen molar-refractivity contribution in [3.63, 3.8) is 0 Å². The van der Waals surface area contributed by atoms with Gasteiger partial charge in [-0.15, -0.1) is 11.8 Å². The van der Waals surface area contributed by atoms with E-state index in [4.69, 9.17) is 9.84 Å². The Labute approximate surface area is 188 Å². The lowest BCUT2D eigenvalue weighted by atomic mass is 9.53. The van der Waals surface area contributed by atoms with Crippen LogP contribution in [0.2, 0.25) is 0 Å². The highest BCUT2D eigenvalue weighted by Crippen LogP contribution is 2.65. The molecule has 0 aromatic heterocycles. The molecule has 1 aromatic carbocycles. The second-order valence-corrected chi connectivity index (χ2v) is 10.4. The minimum Gasteiger partial charge on any atom is -0.494 e. The molecule has 3 aliphatic carbocycles. The molecule has 0 radical (unpaired) electrons. The number of rotatable bonds is 7. The fraction of sp³-hybridized carbons (Fsp3) is 0.714. The summed E-state index contributed by atoms with van der Waals surface area (Å²) in [4.78, 5) is 0. The SMILES string of the molecule is CCCCOc1ccc2c(c1)CC[C@@H]1[C@@H]2CC[C@@]2(C)[C@H]1CC[C@@]2(O)CC#CCCCO. The molecule has 3 heteroatoms. The highest BCUT2D eigenvalue weighted by molar-refractivity contribution is 5.41. The van der Waals surface area contributed by atoms with Crippen LogP contribution < -0.4 is 4.74 Å². The van der Waals surface area contributed by atoms with E-state index in [1.807, 2.05) is 0 Å². The molecule has 4 rings (SSSR count). The maximum Gasteiger partial charge on any atom is 0.119 e. The van der Waals surface area contributed by atoms with Crippen LogP contribution in [0.15, 0.2) is 18.2 Å². The Morgan fingerprint density at radius 3 is 2.81 bits per heavy atom. The minimum atomic E-state index is -0.661. The quantitative estimate of drug-likeness (QED) is 0.441. The number of unbranched alkanes of at least 4 members (excludes halogenated alkanes) is 2. The summed E-state index contributed by atoms with van der Waals surface area (Å²) in [6, 6.07) is 6.81. The lowest BCUT2D eigenvalue weighted by Gasteiger charge is -2.53. The van der Waals surface area contributed by atoms with Gasteiger partial charge in [0.1, 0.15) is 5.75 Å². The summed E-state index contributed by atoms with van der Waals surface area (Å²) in [5.41, 5.74) is 2.34. The van der Waals surface area contributed by atoms with Crippen LogP contribution in [0.25, 0.3) is 0 Å². The van der Waals surface area contributed by atoms with E-state index in [1.165, 1.54) is 18.4 Å². The Morgan fingerprint density at radius 2 is 2.00 bits per heavy atom. The zero-order chi connectivity index (χ0) is 21.9. The van der Waals surface area contributed by atoms with Gasteiger partial charge in [0.15, 0.2) is 0 Å². The molecular weight excluding hydrogens is 384 g/mol. The first-order valence-corrected chi connectivity index (χ1v) is 12.6. The molecule has 2 N–H and O–H groups in total. The molecule has 0 aliphatic heterocycles. The largest absolute Gasteiger partial charge is 0.494 e. The summed E-state index contributed by atoms with van der Waals surface area (Å²) in [5, 5.41) is 20.6. The second-order valence-electron chi connectivity index (χ2n) is 10.4. The molecule has 0 amide bonds. The summed E-state index contributed by atoms with van der Waals surface area (Å²) in [6.45, 7) is 5.54. The van der Waals surface area contributed by atoms with Crippen molar-refractivity contribution in [2.75, 3.05) is 13.2 Å². The van der Waals surface area contributed by atoms with Crippen LogP contribution in [0.1, 0.15) is 95.1 Å². The molecule has 0 saturated heterocycles. The average Bonchev–Trinajstić information content (AvgIpc) is 3.04. The Hall–Kier alpha value is -1.50. The fourth-order valence-corrected chi connectivity index (χ4v) is 6.85. The van der Waals surface area contributed by atoms with Gasteiger partial charge in [-0.05, 0) is 92.4 Å². The molecule has 2 saturated carbocycles. The molecule has 5 atom stereocenters. The first-order valence-electron chi connectivity index (χ1n) is 12.6. The molecule has 1 aromatic rings. The van der Waals surface area contributed by atoms with E-state index in [1.54, 1.807) is 5.56 Å². The molecule has 3 aliphatic rings. The predicted octanol–water partition coefficient (Wildman–Crippen LogP) is 5.62. The van der Waals surface area contributed by atoms with E-state index >= 15 is 0 Å². The molecule has 0 bridgehead atoms. The normalized spacial score (nSPS) is 33.6. The summed E-state index contributed by atoms with van der Waals surface area (Å²) in [5.74, 6) is 9.33. The van der Waals surface area contributed by atoms with Crippen LogP contribution in [0.4, 0.5) is 0 Å². The lowest BCUT2D eigenvalue weighted by molar-refractivity contribution is -0.0990. The van der Waals surface area contributed by atoms with Crippen molar-refractivity contribution in [1.82, 2.24) is 0 Å². The topological polar surface area (TPSA) is 49.7 Å². The van der Waals surface area contributed by atoms with E-state index in [0.717, 1.165) is 63.7 Å². The Bertz CT molecular complexity index is 821. The van der Waals surface area contributed by atoms with Gasteiger partial charge in [0.2, 0.25) is 0 Å². The van der Waals surface area contributed by atoms with E-state index in [0.29, 0.717) is 24.2 Å². The van der Waals surface area contributed by atoms with Gasteiger partial charge in [-0.3, -0.25) is 0 Å². The molecule has 0 unspecified atom stereocenters. The number of aryl methyl sites for hydroxylation is 1. The molecule has 2 fully saturated rings. The highest BCUT2D eigenvalue weighted by atomic mass is 16.5. The van der Waals surface area contributed by atoms with Crippen LogP contribution in [0.5, 0.6) is 5.75 Å². The molecule has 0 spiro atoms. The Balaban J connectivity index is 1.47. The van der Waals surface area contributed by atoms with E-state index < -0.39 is 5.60 Å². The Morgan fingerprint density at radius 1 is 1.13 bits per heavy atom. The van der Waals surface area contributed by atoms with Gasteiger partial charge in [0.05, 0.1) is 12.2 Å². The van der Waals surface area contributed by atoms with Crippen molar-refractivity contribution in [3.8, 4) is 17.6 Å². The smallest absolute Gasteiger partial charge is 0.119 e. The van der Waals surface area contributed by atoms with Gasteiger partial charge in [-0.25, -0.2) is 0 Å². The van der Waals surface area contributed by atoms with Crippen molar-refractivity contribution >= 4 is 0 Å². The molecule has 0 heterocycles. The van der Waals surface area contributed by atoms with Crippen LogP contribution >= 0.6 is 0 Å². The third-order valence-corrected chi connectivity index (χ3v) is 8.75. The van der Waals surface area contributed by atoms with Crippen molar-refractivity contribution < 1.29 is 14.9 Å². The second kappa shape index (κ2) is 9.55. The van der Waals surface area contributed by atoms with E-state index in [9.17, 15) is 5.11 Å². The maximum atomic E-state index is 11.7. The number of fused-ring (bicyclic) bond motifs is 5. The number of hydrogen-bond donors (Lipinski definition) is 2. The number of aliphatic hydroxyl groups is 2. The highest BCUT2D eigenvalue weighted by Gasteiger charge is 2.61. The minimum absolute atomic E-state index is 0.0272. The predicted molar refractivity (Wildman–Crippen MR) is 125 cm³/mol. The van der Waals surface area contributed by atoms with Crippen molar-refractivity contribution in [1.29, 1.82) is 0 Å². The zero-order valence-corrected chi connectivity index (χ0v) is 19.5. The summed E-state index contributed by atoms with van der Waals surface area (Å²) >= 11 is 0. The van der Waals surface area contributed by atoms with Crippen LogP contribution in [-0.4, -0.2) is 29.0 Å². The molecular formula is C28H40O3. The van der Waals surface area contributed by atoms with Crippen molar-refractivity contribution in [3.05, 3.63) is 29.3 Å². The third-order valence-electron chi connectivity index (χ3n) is 8.75. The number of hydrogen-bond acceptors (Lipinski definition) is 3. The molecule has 3 nitrogen and oxygen atoms in total. The summed E-state index contributed by atoms with van der Waals surface area (Å²) < 4.78 is 5.96. The van der Waals surface area contributed by atoms with Gasteiger partial charge in [0, 0.05) is 24.9 Å². The lowest BCUT2D eigenvalue weighted by Crippen LogP contribution is -2.50. The van der Waals surface area contributed by atoms with Gasteiger partial charge in [-0.1, -0.05) is 26.3 Å². The first kappa shape index (κ1) is 22.7. The van der Waals surface area contributed by atoms with E-state index in [2.05, 4.69) is 43.9 Å². The molecule has 31 heavy (non-hydrogen) atoms. The van der Waals surface area contributed by atoms with Crippen LogP contribution in [0.3, 0.4) is 0 Å².